The molecule has 0 saturated carbocycles. The van der Waals surface area contributed by atoms with E-state index in [4.69, 9.17) is 4.74 Å². The summed E-state index contributed by atoms with van der Waals surface area (Å²) in [5.74, 6) is 0.962. The zero-order valence-corrected chi connectivity index (χ0v) is 14.8. The predicted molar refractivity (Wildman–Crippen MR) is 90.5 cm³/mol. The Balaban J connectivity index is 1.61. The average molecular weight is 319 g/mol. The standard InChI is InChI=1S/C16H30O2S2/c1-4-5-14-15(20-14)6-8-16(3,17)18-11-13-7-9-19-12(2)10-13/h12-15,17H,4-11H2,1-3H3. The molecule has 0 aromatic carbocycles. The lowest BCUT2D eigenvalue weighted by Gasteiger charge is -2.30. The van der Waals surface area contributed by atoms with E-state index in [9.17, 15) is 5.11 Å². The van der Waals surface area contributed by atoms with Crippen molar-refractivity contribution in [3.8, 4) is 0 Å². The average Bonchev–Trinajstić information content (AvgIpc) is 3.14. The van der Waals surface area contributed by atoms with Crippen LogP contribution < -0.4 is 0 Å². The van der Waals surface area contributed by atoms with Gasteiger partial charge in [0.25, 0.3) is 0 Å². The van der Waals surface area contributed by atoms with Gasteiger partial charge >= 0.3 is 0 Å². The van der Waals surface area contributed by atoms with E-state index in [1.165, 1.54) is 31.4 Å². The topological polar surface area (TPSA) is 29.5 Å². The van der Waals surface area contributed by atoms with Crippen molar-refractivity contribution in [3.63, 3.8) is 0 Å². The molecule has 2 aliphatic rings. The molecule has 0 bridgehead atoms. The first-order valence-electron chi connectivity index (χ1n) is 8.13. The molecule has 0 radical (unpaired) electrons. The SMILES string of the molecule is CCCC1SC1CCC(C)(O)OCC1CCSC(C)C1. The fourth-order valence-electron chi connectivity index (χ4n) is 2.99. The molecule has 2 saturated heterocycles. The molecule has 2 aliphatic heterocycles. The third kappa shape index (κ3) is 5.78. The highest BCUT2D eigenvalue weighted by Gasteiger charge is 2.38. The molecule has 0 spiro atoms. The van der Waals surface area contributed by atoms with Crippen LogP contribution in [0.5, 0.6) is 0 Å². The molecule has 20 heavy (non-hydrogen) atoms. The van der Waals surface area contributed by atoms with Gasteiger partial charge in [-0.2, -0.15) is 23.5 Å². The maximum absolute atomic E-state index is 10.4. The van der Waals surface area contributed by atoms with Gasteiger partial charge < -0.3 is 9.84 Å². The summed E-state index contributed by atoms with van der Waals surface area (Å²) in [6.07, 6.45) is 6.95. The predicted octanol–water partition coefficient (Wildman–Crippen LogP) is 4.31. The summed E-state index contributed by atoms with van der Waals surface area (Å²) in [6.45, 7) is 7.12. The van der Waals surface area contributed by atoms with Crippen LogP contribution in [0.4, 0.5) is 0 Å². The Labute approximate surface area is 132 Å². The summed E-state index contributed by atoms with van der Waals surface area (Å²) in [5, 5.41) is 12.7. The Morgan fingerprint density at radius 1 is 1.30 bits per heavy atom. The van der Waals surface area contributed by atoms with Gasteiger partial charge in [-0.15, -0.1) is 0 Å². The van der Waals surface area contributed by atoms with Crippen molar-refractivity contribution in [2.24, 2.45) is 5.92 Å². The van der Waals surface area contributed by atoms with E-state index in [1.807, 2.05) is 6.92 Å². The molecule has 1 N–H and O–H groups in total. The van der Waals surface area contributed by atoms with Crippen LogP contribution in [-0.2, 0) is 4.74 Å². The maximum Gasteiger partial charge on any atom is 0.162 e. The highest BCUT2D eigenvalue weighted by Crippen LogP contribution is 2.47. The number of rotatable bonds is 8. The minimum Gasteiger partial charge on any atom is -0.366 e. The largest absolute Gasteiger partial charge is 0.366 e. The van der Waals surface area contributed by atoms with Crippen molar-refractivity contribution in [2.45, 2.75) is 80.8 Å². The van der Waals surface area contributed by atoms with Gasteiger partial charge in [-0.1, -0.05) is 20.3 Å². The van der Waals surface area contributed by atoms with Gasteiger partial charge in [-0.05, 0) is 44.3 Å². The van der Waals surface area contributed by atoms with Gasteiger partial charge in [0, 0.05) is 22.2 Å². The second-order valence-electron chi connectivity index (χ2n) is 6.60. The summed E-state index contributed by atoms with van der Waals surface area (Å²) >= 11 is 4.14. The van der Waals surface area contributed by atoms with Crippen LogP contribution in [0.15, 0.2) is 0 Å². The Kier molecular flexibility index (Phi) is 6.58. The quantitative estimate of drug-likeness (QED) is 0.533. The zero-order valence-electron chi connectivity index (χ0n) is 13.1. The molecule has 5 unspecified atom stereocenters. The Hall–Kier alpha value is 0.620. The lowest BCUT2D eigenvalue weighted by molar-refractivity contribution is -0.201. The molecular formula is C16H30O2S2. The van der Waals surface area contributed by atoms with Crippen LogP contribution in [0.1, 0.15) is 59.3 Å². The van der Waals surface area contributed by atoms with Gasteiger partial charge in [-0.3, -0.25) is 0 Å². The summed E-state index contributed by atoms with van der Waals surface area (Å²) < 4.78 is 5.83. The number of aliphatic hydroxyl groups is 1. The van der Waals surface area contributed by atoms with Gasteiger partial charge in [0.05, 0.1) is 6.61 Å². The molecule has 0 aromatic rings. The lowest BCUT2D eigenvalue weighted by atomic mass is 10.0. The number of ether oxygens (including phenoxy) is 1. The number of hydrogen-bond donors (Lipinski definition) is 1. The molecular weight excluding hydrogens is 288 g/mol. The van der Waals surface area contributed by atoms with Gasteiger partial charge in [0.1, 0.15) is 0 Å². The molecule has 118 valence electrons. The smallest absolute Gasteiger partial charge is 0.162 e. The van der Waals surface area contributed by atoms with Crippen LogP contribution in [0, 0.1) is 5.92 Å². The summed E-state index contributed by atoms with van der Waals surface area (Å²) in [5.41, 5.74) is 0. The fraction of sp³-hybridized carbons (Fsp3) is 1.00. The van der Waals surface area contributed by atoms with Crippen molar-refractivity contribution < 1.29 is 9.84 Å². The summed E-state index contributed by atoms with van der Waals surface area (Å²) in [7, 11) is 0. The number of hydrogen-bond acceptors (Lipinski definition) is 4. The lowest BCUT2D eigenvalue weighted by Crippen LogP contribution is -2.32. The fourth-order valence-corrected chi connectivity index (χ4v) is 5.53. The van der Waals surface area contributed by atoms with Crippen molar-refractivity contribution in [1.29, 1.82) is 0 Å². The Morgan fingerprint density at radius 3 is 2.75 bits per heavy atom. The normalized spacial score (nSPS) is 36.6. The Morgan fingerprint density at radius 2 is 2.05 bits per heavy atom. The van der Waals surface area contributed by atoms with Crippen molar-refractivity contribution in [2.75, 3.05) is 12.4 Å². The second-order valence-corrected chi connectivity index (χ2v) is 9.63. The summed E-state index contributed by atoms with van der Waals surface area (Å²) in [4.78, 5) is 0. The third-order valence-corrected chi connectivity index (χ3v) is 7.12. The molecule has 5 atom stereocenters. The first kappa shape index (κ1) is 17.0. The van der Waals surface area contributed by atoms with E-state index < -0.39 is 5.79 Å². The minimum absolute atomic E-state index is 0.640. The summed E-state index contributed by atoms with van der Waals surface area (Å²) in [6, 6.07) is 0. The zero-order chi connectivity index (χ0) is 14.6. The van der Waals surface area contributed by atoms with Crippen LogP contribution >= 0.6 is 23.5 Å². The molecule has 2 nitrogen and oxygen atoms in total. The van der Waals surface area contributed by atoms with Crippen molar-refractivity contribution >= 4 is 23.5 Å². The molecule has 2 fully saturated rings. The highest BCUT2D eigenvalue weighted by atomic mass is 32.2. The van der Waals surface area contributed by atoms with Crippen molar-refractivity contribution in [1.82, 2.24) is 0 Å². The monoisotopic (exact) mass is 318 g/mol. The first-order chi connectivity index (χ1) is 9.50. The van der Waals surface area contributed by atoms with Crippen LogP contribution in [-0.4, -0.2) is 39.0 Å². The molecule has 0 aliphatic carbocycles. The molecule has 2 heterocycles. The van der Waals surface area contributed by atoms with E-state index in [0.29, 0.717) is 5.92 Å². The van der Waals surface area contributed by atoms with Crippen LogP contribution in [0.2, 0.25) is 0 Å². The first-order valence-corrected chi connectivity index (χ1v) is 10.1. The maximum atomic E-state index is 10.4. The second kappa shape index (κ2) is 7.75. The van der Waals surface area contributed by atoms with E-state index in [1.54, 1.807) is 0 Å². The Bertz CT molecular complexity index is 296. The van der Waals surface area contributed by atoms with Crippen LogP contribution in [0.25, 0.3) is 0 Å². The van der Waals surface area contributed by atoms with Gasteiger partial charge in [0.2, 0.25) is 0 Å². The molecule has 0 aromatic heterocycles. The highest BCUT2D eigenvalue weighted by molar-refractivity contribution is 8.07. The molecule has 0 amide bonds. The minimum atomic E-state index is -0.923. The van der Waals surface area contributed by atoms with E-state index in [-0.39, 0.29) is 0 Å². The van der Waals surface area contributed by atoms with Gasteiger partial charge in [-0.25, -0.2) is 0 Å². The molecule has 2 rings (SSSR count). The number of thioether (sulfide) groups is 2. The van der Waals surface area contributed by atoms with E-state index >= 15 is 0 Å². The van der Waals surface area contributed by atoms with E-state index in [2.05, 4.69) is 37.4 Å². The van der Waals surface area contributed by atoms with Crippen molar-refractivity contribution in [3.05, 3.63) is 0 Å². The van der Waals surface area contributed by atoms with Crippen LogP contribution in [0.3, 0.4) is 0 Å². The third-order valence-electron chi connectivity index (χ3n) is 4.38. The van der Waals surface area contributed by atoms with Gasteiger partial charge in [0.15, 0.2) is 5.79 Å². The van der Waals surface area contributed by atoms with E-state index in [0.717, 1.165) is 35.2 Å². The molecule has 4 heteroatoms.